The summed E-state index contributed by atoms with van der Waals surface area (Å²) in [6.45, 7) is 2.12. The molecule has 0 aliphatic heterocycles. The van der Waals surface area contributed by atoms with Crippen LogP contribution in [0.25, 0.3) is 11.1 Å². The van der Waals surface area contributed by atoms with E-state index in [0.717, 1.165) is 43.7 Å². The predicted molar refractivity (Wildman–Crippen MR) is 95.0 cm³/mol. The van der Waals surface area contributed by atoms with Gasteiger partial charge in [0.25, 0.3) is 0 Å². The van der Waals surface area contributed by atoms with Crippen LogP contribution in [0.2, 0.25) is 0 Å². The number of halogens is 7. The largest absolute Gasteiger partial charge is 0.458 e. The van der Waals surface area contributed by atoms with E-state index in [-0.39, 0.29) is 5.92 Å². The van der Waals surface area contributed by atoms with Gasteiger partial charge in [0.15, 0.2) is 0 Å². The van der Waals surface area contributed by atoms with E-state index in [1.165, 1.54) is 5.92 Å². The van der Waals surface area contributed by atoms with Gasteiger partial charge in [-0.3, -0.25) is 0 Å². The molecule has 0 spiro atoms. The maximum atomic E-state index is 14.6. The summed E-state index contributed by atoms with van der Waals surface area (Å²) >= 11 is 0. The van der Waals surface area contributed by atoms with E-state index in [2.05, 4.69) is 6.92 Å². The molecule has 0 heterocycles. The van der Waals surface area contributed by atoms with E-state index in [4.69, 9.17) is 0 Å². The fourth-order valence-corrected chi connectivity index (χ4v) is 3.67. The molecule has 1 aliphatic carbocycles. The third-order valence-electron chi connectivity index (χ3n) is 5.21. The molecule has 29 heavy (non-hydrogen) atoms. The van der Waals surface area contributed by atoms with E-state index in [9.17, 15) is 30.7 Å². The highest BCUT2D eigenvalue weighted by Crippen LogP contribution is 2.38. The minimum absolute atomic E-state index is 0.0118. The van der Waals surface area contributed by atoms with Gasteiger partial charge in [0.2, 0.25) is 0 Å². The lowest BCUT2D eigenvalue weighted by Gasteiger charge is -2.26. The second kappa shape index (κ2) is 8.10. The Hall–Kier alpha value is -2.49. The molecular weight excluding hydrogens is 397 g/mol. The molecule has 1 aliphatic rings. The molecule has 0 bridgehead atoms. The minimum Gasteiger partial charge on any atom is -0.206 e. The van der Waals surface area contributed by atoms with Gasteiger partial charge in [0.1, 0.15) is 23.3 Å². The Bertz CT molecular complexity index is 925. The van der Waals surface area contributed by atoms with E-state index < -0.39 is 46.1 Å². The second-order valence-electron chi connectivity index (χ2n) is 7.38. The van der Waals surface area contributed by atoms with E-state index in [1.807, 2.05) is 0 Å². The van der Waals surface area contributed by atoms with Gasteiger partial charge in [0, 0.05) is 5.92 Å². The lowest BCUT2D eigenvalue weighted by molar-refractivity contribution is -0.0696. The van der Waals surface area contributed by atoms with Gasteiger partial charge in [-0.1, -0.05) is 25.7 Å². The quantitative estimate of drug-likeness (QED) is 0.363. The van der Waals surface area contributed by atoms with Gasteiger partial charge in [-0.15, -0.1) is 0 Å². The van der Waals surface area contributed by atoms with Gasteiger partial charge in [-0.05, 0) is 60.1 Å². The van der Waals surface area contributed by atoms with Crippen molar-refractivity contribution in [1.29, 1.82) is 0 Å². The van der Waals surface area contributed by atoms with Crippen molar-refractivity contribution in [1.82, 2.24) is 0 Å². The summed E-state index contributed by atoms with van der Waals surface area (Å²) in [6, 6.07) is 3.47. The van der Waals surface area contributed by atoms with Crippen LogP contribution in [0.15, 0.2) is 24.3 Å². The van der Waals surface area contributed by atoms with Crippen LogP contribution in [-0.2, 0) is 0 Å². The fourth-order valence-electron chi connectivity index (χ4n) is 3.67. The molecule has 1 saturated carbocycles. The standard InChI is InChI=1S/C22H17F7/c1-12-2-4-13(5-3-12)14-8-19(25)21(20(26)9-14)15-10-17(23)16(18(24)11-15)6-7-22(27,28)29/h8-13H,2-5H2,1H3. The van der Waals surface area contributed by atoms with Gasteiger partial charge in [0.05, 0.1) is 11.1 Å². The summed E-state index contributed by atoms with van der Waals surface area (Å²) in [7, 11) is 0. The van der Waals surface area contributed by atoms with Crippen LogP contribution in [0, 0.1) is 41.0 Å². The van der Waals surface area contributed by atoms with Crippen LogP contribution in [0.3, 0.4) is 0 Å². The van der Waals surface area contributed by atoms with Crippen LogP contribution >= 0.6 is 0 Å². The molecule has 0 atom stereocenters. The molecule has 154 valence electrons. The third kappa shape index (κ3) is 4.92. The molecular formula is C22H17F7. The van der Waals surface area contributed by atoms with Crippen molar-refractivity contribution in [3.05, 3.63) is 58.7 Å². The number of rotatable bonds is 2. The molecule has 0 amide bonds. The Morgan fingerprint density at radius 1 is 0.793 bits per heavy atom. The number of hydrogen-bond acceptors (Lipinski definition) is 0. The minimum atomic E-state index is -4.93. The van der Waals surface area contributed by atoms with Crippen molar-refractivity contribution in [2.45, 2.75) is 44.7 Å². The summed E-state index contributed by atoms with van der Waals surface area (Å²) in [5, 5.41) is 0. The Balaban J connectivity index is 1.97. The zero-order chi connectivity index (χ0) is 21.3. The summed E-state index contributed by atoms with van der Waals surface area (Å²) < 4.78 is 93.9. The molecule has 0 radical (unpaired) electrons. The molecule has 3 rings (SSSR count). The monoisotopic (exact) mass is 414 g/mol. The molecule has 1 fully saturated rings. The maximum Gasteiger partial charge on any atom is 0.458 e. The van der Waals surface area contributed by atoms with Crippen LogP contribution in [0.4, 0.5) is 30.7 Å². The first-order valence-corrected chi connectivity index (χ1v) is 9.13. The van der Waals surface area contributed by atoms with E-state index in [1.54, 1.807) is 0 Å². The topological polar surface area (TPSA) is 0 Å². The first kappa shape index (κ1) is 21.2. The average Bonchev–Trinajstić information content (AvgIpc) is 2.60. The molecule has 2 aromatic rings. The van der Waals surface area contributed by atoms with Crippen LogP contribution in [0.1, 0.15) is 49.7 Å². The first-order valence-electron chi connectivity index (χ1n) is 9.13. The van der Waals surface area contributed by atoms with E-state index in [0.29, 0.717) is 23.6 Å². The van der Waals surface area contributed by atoms with Crippen molar-refractivity contribution in [3.8, 4) is 23.0 Å². The highest BCUT2D eigenvalue weighted by Gasteiger charge is 2.25. The van der Waals surface area contributed by atoms with Gasteiger partial charge in [-0.25, -0.2) is 17.6 Å². The van der Waals surface area contributed by atoms with Crippen molar-refractivity contribution >= 4 is 0 Å². The Kier molecular flexibility index (Phi) is 5.92. The SMILES string of the molecule is CC1CCC(c2cc(F)c(-c3cc(F)c(C#CC(F)(F)F)c(F)c3)c(F)c2)CC1. The van der Waals surface area contributed by atoms with Crippen molar-refractivity contribution < 1.29 is 30.7 Å². The molecule has 2 aromatic carbocycles. The Morgan fingerprint density at radius 3 is 1.79 bits per heavy atom. The normalized spacial score (nSPS) is 19.6. The Morgan fingerprint density at radius 2 is 1.31 bits per heavy atom. The zero-order valence-corrected chi connectivity index (χ0v) is 15.4. The fraction of sp³-hybridized carbons (Fsp3) is 0.364. The molecule has 0 aromatic heterocycles. The molecule has 0 saturated heterocycles. The third-order valence-corrected chi connectivity index (χ3v) is 5.21. The van der Waals surface area contributed by atoms with E-state index >= 15 is 0 Å². The molecule has 0 nitrogen and oxygen atoms in total. The Labute approximate surface area is 163 Å². The van der Waals surface area contributed by atoms with Gasteiger partial charge >= 0.3 is 6.18 Å². The van der Waals surface area contributed by atoms with Crippen LogP contribution in [-0.4, -0.2) is 6.18 Å². The van der Waals surface area contributed by atoms with Crippen molar-refractivity contribution in [2.75, 3.05) is 0 Å². The molecule has 0 N–H and O–H groups in total. The number of hydrogen-bond donors (Lipinski definition) is 0. The first-order chi connectivity index (χ1) is 13.5. The zero-order valence-electron chi connectivity index (χ0n) is 15.4. The smallest absolute Gasteiger partial charge is 0.206 e. The van der Waals surface area contributed by atoms with Crippen LogP contribution in [0.5, 0.6) is 0 Å². The van der Waals surface area contributed by atoms with Gasteiger partial charge in [-0.2, -0.15) is 13.2 Å². The summed E-state index contributed by atoms with van der Waals surface area (Å²) in [5.41, 5.74) is -1.70. The lowest BCUT2D eigenvalue weighted by Crippen LogP contribution is -2.11. The van der Waals surface area contributed by atoms with Gasteiger partial charge < -0.3 is 0 Å². The lowest BCUT2D eigenvalue weighted by atomic mass is 9.79. The predicted octanol–water partition coefficient (Wildman–Crippen LogP) is 7.12. The number of alkyl halides is 3. The van der Waals surface area contributed by atoms with Crippen molar-refractivity contribution in [3.63, 3.8) is 0 Å². The second-order valence-corrected chi connectivity index (χ2v) is 7.38. The number of benzene rings is 2. The highest BCUT2D eigenvalue weighted by molar-refractivity contribution is 5.67. The average molecular weight is 414 g/mol. The molecule has 7 heteroatoms. The van der Waals surface area contributed by atoms with Crippen molar-refractivity contribution in [2.24, 2.45) is 5.92 Å². The van der Waals surface area contributed by atoms with Crippen LogP contribution < -0.4 is 0 Å². The summed E-state index contributed by atoms with van der Waals surface area (Å²) in [6.07, 6.45) is -1.42. The maximum absolute atomic E-state index is 14.6. The molecule has 0 unspecified atom stereocenters. The summed E-state index contributed by atoms with van der Waals surface area (Å²) in [4.78, 5) is 0. The summed E-state index contributed by atoms with van der Waals surface area (Å²) in [5.74, 6) is -2.10. The highest BCUT2D eigenvalue weighted by atomic mass is 19.4.